The zero-order chi connectivity index (χ0) is 16.4. The van der Waals surface area contributed by atoms with Gasteiger partial charge in [0, 0.05) is 18.2 Å². The maximum absolute atomic E-state index is 12.6. The van der Waals surface area contributed by atoms with E-state index in [4.69, 9.17) is 9.47 Å². The largest absolute Gasteiger partial charge is 0.497 e. The molecule has 0 saturated heterocycles. The maximum Gasteiger partial charge on any atom is 0.339 e. The van der Waals surface area contributed by atoms with Crippen molar-refractivity contribution in [2.75, 3.05) is 12.4 Å². The van der Waals surface area contributed by atoms with E-state index in [0.29, 0.717) is 23.4 Å². The van der Waals surface area contributed by atoms with Crippen molar-refractivity contribution >= 4 is 17.6 Å². The number of cyclic esters (lactones) is 1. The molecule has 1 N–H and O–H groups in total. The molecule has 2 aromatic rings. The van der Waals surface area contributed by atoms with Crippen LogP contribution in [0.25, 0.3) is 0 Å². The molecule has 0 saturated carbocycles. The molecule has 23 heavy (non-hydrogen) atoms. The van der Waals surface area contributed by atoms with Crippen LogP contribution in [0, 0.1) is 0 Å². The van der Waals surface area contributed by atoms with Crippen LogP contribution in [0.15, 0.2) is 48.5 Å². The average Bonchev–Trinajstić information content (AvgIpc) is 2.55. The quantitative estimate of drug-likeness (QED) is 0.885. The van der Waals surface area contributed by atoms with E-state index in [-0.39, 0.29) is 5.91 Å². The van der Waals surface area contributed by atoms with Gasteiger partial charge in [-0.3, -0.25) is 4.79 Å². The van der Waals surface area contributed by atoms with Gasteiger partial charge in [0.05, 0.1) is 12.7 Å². The van der Waals surface area contributed by atoms with Gasteiger partial charge >= 0.3 is 5.97 Å². The number of hydrogen-bond acceptors (Lipinski definition) is 4. The van der Waals surface area contributed by atoms with Gasteiger partial charge in [-0.15, -0.1) is 0 Å². The minimum Gasteiger partial charge on any atom is -0.497 e. The van der Waals surface area contributed by atoms with Crippen LogP contribution in [0.2, 0.25) is 0 Å². The van der Waals surface area contributed by atoms with E-state index in [9.17, 15) is 9.59 Å². The highest BCUT2D eigenvalue weighted by atomic mass is 16.6. The highest BCUT2D eigenvalue weighted by Crippen LogP contribution is 2.29. The molecule has 1 amide bonds. The Hall–Kier alpha value is -2.82. The van der Waals surface area contributed by atoms with Crippen molar-refractivity contribution in [2.24, 2.45) is 0 Å². The summed E-state index contributed by atoms with van der Waals surface area (Å²) in [7, 11) is 1.56. The minimum absolute atomic E-state index is 0.338. The molecule has 3 rings (SSSR count). The van der Waals surface area contributed by atoms with Crippen molar-refractivity contribution in [3.63, 3.8) is 0 Å². The van der Waals surface area contributed by atoms with Crippen molar-refractivity contribution < 1.29 is 19.1 Å². The number of anilines is 1. The Balaban J connectivity index is 1.83. The third-order valence-corrected chi connectivity index (χ3v) is 3.89. The zero-order valence-corrected chi connectivity index (χ0v) is 13.0. The Labute approximate surface area is 134 Å². The van der Waals surface area contributed by atoms with Crippen molar-refractivity contribution in [1.29, 1.82) is 0 Å². The van der Waals surface area contributed by atoms with Crippen LogP contribution < -0.4 is 10.1 Å². The summed E-state index contributed by atoms with van der Waals surface area (Å²) in [6.07, 6.45) is 0.338. The van der Waals surface area contributed by atoms with Crippen molar-refractivity contribution in [2.45, 2.75) is 18.9 Å². The van der Waals surface area contributed by atoms with Crippen molar-refractivity contribution in [3.8, 4) is 5.75 Å². The summed E-state index contributed by atoms with van der Waals surface area (Å²) in [5.41, 5.74) is 0.672. The molecular weight excluding hydrogens is 294 g/mol. The number of esters is 1. The Bertz CT molecular complexity index is 771. The van der Waals surface area contributed by atoms with Gasteiger partial charge in [0.15, 0.2) is 5.60 Å². The molecule has 5 nitrogen and oxygen atoms in total. The normalized spacial score (nSPS) is 19.5. The molecule has 5 heteroatoms. The van der Waals surface area contributed by atoms with Gasteiger partial charge in [0.1, 0.15) is 5.75 Å². The Morgan fingerprint density at radius 2 is 2.00 bits per heavy atom. The first-order valence-corrected chi connectivity index (χ1v) is 7.28. The number of carbonyl (C=O) groups excluding carboxylic acids is 2. The Morgan fingerprint density at radius 3 is 2.78 bits per heavy atom. The molecule has 1 aliphatic rings. The summed E-state index contributed by atoms with van der Waals surface area (Å²) in [5.74, 6) is -0.206. The van der Waals surface area contributed by atoms with Gasteiger partial charge in [-0.25, -0.2) is 4.79 Å². The fraction of sp³-hybridized carbons (Fsp3) is 0.222. The zero-order valence-electron chi connectivity index (χ0n) is 13.0. The summed E-state index contributed by atoms with van der Waals surface area (Å²) in [6, 6.07) is 14.2. The van der Waals surface area contributed by atoms with Crippen LogP contribution in [0.3, 0.4) is 0 Å². The molecule has 0 unspecified atom stereocenters. The molecule has 0 aromatic heterocycles. The fourth-order valence-electron chi connectivity index (χ4n) is 2.62. The van der Waals surface area contributed by atoms with Gasteiger partial charge in [0.2, 0.25) is 0 Å². The number of rotatable bonds is 3. The second-order valence-electron chi connectivity index (χ2n) is 5.64. The van der Waals surface area contributed by atoms with Gasteiger partial charge < -0.3 is 14.8 Å². The molecule has 1 atom stereocenters. The molecule has 1 aliphatic heterocycles. The lowest BCUT2D eigenvalue weighted by Crippen LogP contribution is -2.48. The number of amides is 1. The first-order valence-electron chi connectivity index (χ1n) is 7.28. The average molecular weight is 311 g/mol. The van der Waals surface area contributed by atoms with E-state index in [1.54, 1.807) is 50.4 Å². The van der Waals surface area contributed by atoms with Crippen LogP contribution in [0.5, 0.6) is 5.75 Å². The molecule has 0 fully saturated rings. The topological polar surface area (TPSA) is 64.6 Å². The van der Waals surface area contributed by atoms with Gasteiger partial charge in [-0.05, 0) is 30.7 Å². The van der Waals surface area contributed by atoms with E-state index in [2.05, 4.69) is 5.32 Å². The Kier molecular flexibility index (Phi) is 3.78. The lowest BCUT2D eigenvalue weighted by Gasteiger charge is -2.33. The van der Waals surface area contributed by atoms with E-state index in [0.717, 1.165) is 5.56 Å². The van der Waals surface area contributed by atoms with Gasteiger partial charge in [-0.1, -0.05) is 24.3 Å². The third kappa shape index (κ3) is 2.90. The summed E-state index contributed by atoms with van der Waals surface area (Å²) in [6.45, 7) is 1.62. The molecule has 0 bridgehead atoms. The molecule has 2 aromatic carbocycles. The second-order valence-corrected chi connectivity index (χ2v) is 5.64. The van der Waals surface area contributed by atoms with E-state index in [1.165, 1.54) is 0 Å². The van der Waals surface area contributed by atoms with Gasteiger partial charge in [-0.2, -0.15) is 0 Å². The van der Waals surface area contributed by atoms with Crippen molar-refractivity contribution in [3.05, 3.63) is 59.7 Å². The molecule has 118 valence electrons. The lowest BCUT2D eigenvalue weighted by molar-refractivity contribution is -0.134. The second kappa shape index (κ2) is 5.76. The van der Waals surface area contributed by atoms with Crippen LogP contribution in [0.4, 0.5) is 5.69 Å². The molecule has 0 spiro atoms. The number of fused-ring (bicyclic) bond motifs is 1. The molecular formula is C18H17NO4. The molecule has 0 aliphatic carbocycles. The summed E-state index contributed by atoms with van der Waals surface area (Å²) >= 11 is 0. The first-order chi connectivity index (χ1) is 11.0. The van der Waals surface area contributed by atoms with Crippen LogP contribution in [-0.2, 0) is 16.0 Å². The SMILES string of the molecule is COc1cccc(NC(=O)[C@@]2(C)Cc3ccccc3C(=O)O2)c1. The van der Waals surface area contributed by atoms with Crippen LogP contribution in [-0.4, -0.2) is 24.6 Å². The predicted octanol–water partition coefficient (Wildman–Crippen LogP) is 2.81. The van der Waals surface area contributed by atoms with Crippen LogP contribution in [0.1, 0.15) is 22.8 Å². The fourth-order valence-corrected chi connectivity index (χ4v) is 2.62. The number of methoxy groups -OCH3 is 1. The monoisotopic (exact) mass is 311 g/mol. The molecule has 1 heterocycles. The smallest absolute Gasteiger partial charge is 0.339 e. The highest BCUT2D eigenvalue weighted by Gasteiger charge is 2.42. The first kappa shape index (κ1) is 15.1. The number of hydrogen-bond donors (Lipinski definition) is 1. The third-order valence-electron chi connectivity index (χ3n) is 3.89. The number of ether oxygens (including phenoxy) is 2. The predicted molar refractivity (Wildman–Crippen MR) is 85.6 cm³/mol. The summed E-state index contributed by atoms with van der Waals surface area (Å²) < 4.78 is 10.5. The van der Waals surface area contributed by atoms with Gasteiger partial charge in [0.25, 0.3) is 5.91 Å². The highest BCUT2D eigenvalue weighted by molar-refractivity contribution is 6.02. The van der Waals surface area contributed by atoms with Crippen molar-refractivity contribution in [1.82, 2.24) is 0 Å². The number of benzene rings is 2. The van der Waals surface area contributed by atoms with E-state index in [1.807, 2.05) is 12.1 Å². The number of carbonyl (C=O) groups is 2. The lowest BCUT2D eigenvalue weighted by atomic mass is 9.89. The van der Waals surface area contributed by atoms with E-state index >= 15 is 0 Å². The van der Waals surface area contributed by atoms with E-state index < -0.39 is 11.6 Å². The summed E-state index contributed by atoms with van der Waals surface area (Å²) in [5, 5.41) is 2.78. The minimum atomic E-state index is -1.24. The maximum atomic E-state index is 12.6. The Morgan fingerprint density at radius 1 is 1.22 bits per heavy atom. The van der Waals surface area contributed by atoms with Crippen LogP contribution >= 0.6 is 0 Å². The summed E-state index contributed by atoms with van der Waals surface area (Å²) in [4.78, 5) is 24.8. The molecule has 0 radical (unpaired) electrons. The standard InChI is InChI=1S/C18H17NO4/c1-18(11-12-6-3-4-9-15(12)16(20)23-18)17(21)19-13-7-5-8-14(10-13)22-2/h3-10H,11H2,1-2H3,(H,19,21)/t18-/m1/s1. The number of nitrogens with one attached hydrogen (secondary N) is 1.